The monoisotopic (exact) mass is 467 g/mol. The second-order valence-corrected chi connectivity index (χ2v) is 8.65. The summed E-state index contributed by atoms with van der Waals surface area (Å²) in [4.78, 5) is 2.34. The lowest BCUT2D eigenvalue weighted by Gasteiger charge is -2.41. The zero-order chi connectivity index (χ0) is 23.3. The number of ether oxygens (including phenoxy) is 3. The third-order valence-electron chi connectivity index (χ3n) is 6.37. The summed E-state index contributed by atoms with van der Waals surface area (Å²) in [5, 5.41) is 13.4. The molecule has 174 valence electrons. The van der Waals surface area contributed by atoms with E-state index in [0.29, 0.717) is 36.1 Å². The van der Waals surface area contributed by atoms with Crippen LogP contribution in [-0.2, 0) is 10.3 Å². The Morgan fingerprint density at radius 2 is 1.61 bits per heavy atom. The van der Waals surface area contributed by atoms with Gasteiger partial charge in [0.05, 0.1) is 27.4 Å². The first-order valence-electron chi connectivity index (χ1n) is 11.1. The summed E-state index contributed by atoms with van der Waals surface area (Å²) in [6.45, 7) is 3.64. The van der Waals surface area contributed by atoms with Crippen LogP contribution in [0, 0.1) is 0 Å². The molecular formula is C27H30ClNO4. The molecule has 0 amide bonds. The van der Waals surface area contributed by atoms with Crippen molar-refractivity contribution >= 4 is 11.6 Å². The minimum atomic E-state index is -1.37. The van der Waals surface area contributed by atoms with Gasteiger partial charge in [0, 0.05) is 36.1 Å². The van der Waals surface area contributed by atoms with Crippen molar-refractivity contribution < 1.29 is 19.3 Å². The van der Waals surface area contributed by atoms with Crippen LogP contribution in [0.15, 0.2) is 72.8 Å². The molecule has 3 aromatic rings. The number of halogens is 1. The van der Waals surface area contributed by atoms with Gasteiger partial charge in [0.25, 0.3) is 0 Å². The van der Waals surface area contributed by atoms with E-state index in [1.165, 1.54) is 0 Å². The van der Waals surface area contributed by atoms with Crippen molar-refractivity contribution in [3.8, 4) is 11.5 Å². The second kappa shape index (κ2) is 10.6. The van der Waals surface area contributed by atoms with E-state index in [1.54, 1.807) is 14.2 Å². The van der Waals surface area contributed by atoms with Crippen LogP contribution in [0.2, 0.25) is 5.02 Å². The van der Waals surface area contributed by atoms with Crippen molar-refractivity contribution in [1.82, 2.24) is 4.90 Å². The third kappa shape index (κ3) is 5.02. The normalized spacial score (nSPS) is 17.2. The van der Waals surface area contributed by atoms with Gasteiger partial charge in [-0.15, -0.1) is 0 Å². The maximum Gasteiger partial charge on any atom is 0.126 e. The van der Waals surface area contributed by atoms with Gasteiger partial charge in [-0.3, -0.25) is 4.90 Å². The Kier molecular flexibility index (Phi) is 7.56. The van der Waals surface area contributed by atoms with Gasteiger partial charge in [0.1, 0.15) is 17.1 Å². The number of nitrogens with zero attached hydrogens (tertiary/aromatic N) is 1. The molecule has 3 aromatic carbocycles. The molecule has 0 bridgehead atoms. The Hall–Kier alpha value is -2.57. The first kappa shape index (κ1) is 23.6. The van der Waals surface area contributed by atoms with Crippen molar-refractivity contribution in [2.24, 2.45) is 0 Å². The van der Waals surface area contributed by atoms with E-state index in [9.17, 15) is 5.11 Å². The van der Waals surface area contributed by atoms with Crippen LogP contribution < -0.4 is 9.47 Å². The highest BCUT2D eigenvalue weighted by atomic mass is 35.5. The van der Waals surface area contributed by atoms with Crippen molar-refractivity contribution in [2.75, 3.05) is 47.1 Å². The fourth-order valence-electron chi connectivity index (χ4n) is 4.56. The minimum Gasteiger partial charge on any atom is -0.497 e. The SMILES string of the molecule is COc1ccc(C(O)(c2ccccc2OC)C(CN2CCOCC2)c2ccc(Cl)cc2)cc1. The quantitative estimate of drug-likeness (QED) is 0.520. The number of hydrogen-bond acceptors (Lipinski definition) is 5. The Labute approximate surface area is 200 Å². The molecule has 1 aliphatic rings. The molecule has 1 N–H and O–H groups in total. The van der Waals surface area contributed by atoms with Crippen molar-refractivity contribution in [3.63, 3.8) is 0 Å². The highest BCUT2D eigenvalue weighted by Gasteiger charge is 2.44. The van der Waals surface area contributed by atoms with Gasteiger partial charge < -0.3 is 19.3 Å². The van der Waals surface area contributed by atoms with Crippen LogP contribution >= 0.6 is 11.6 Å². The molecule has 0 aromatic heterocycles. The van der Waals surface area contributed by atoms with E-state index >= 15 is 0 Å². The second-order valence-electron chi connectivity index (χ2n) is 8.21. The maximum atomic E-state index is 12.7. The number of para-hydroxylation sites is 1. The fraction of sp³-hybridized carbons (Fsp3) is 0.333. The molecule has 1 aliphatic heterocycles. The molecule has 1 heterocycles. The Balaban J connectivity index is 1.90. The first-order chi connectivity index (χ1) is 16.1. The van der Waals surface area contributed by atoms with E-state index in [1.807, 2.05) is 72.8 Å². The largest absolute Gasteiger partial charge is 0.497 e. The van der Waals surface area contributed by atoms with Crippen LogP contribution in [0.5, 0.6) is 11.5 Å². The van der Waals surface area contributed by atoms with E-state index < -0.39 is 5.60 Å². The molecule has 0 saturated carbocycles. The van der Waals surface area contributed by atoms with Gasteiger partial charge in [0.2, 0.25) is 0 Å². The number of methoxy groups -OCH3 is 2. The lowest BCUT2D eigenvalue weighted by Crippen LogP contribution is -2.45. The lowest BCUT2D eigenvalue weighted by atomic mass is 9.72. The summed E-state index contributed by atoms with van der Waals surface area (Å²) in [5.74, 6) is 1.08. The number of hydrogen-bond donors (Lipinski definition) is 1. The Bertz CT molecular complexity index is 1030. The Morgan fingerprint density at radius 3 is 2.24 bits per heavy atom. The highest BCUT2D eigenvalue weighted by Crippen LogP contribution is 2.46. The molecule has 1 saturated heterocycles. The predicted octanol–water partition coefficient (Wildman–Crippen LogP) is 4.71. The molecule has 2 atom stereocenters. The molecule has 4 rings (SSSR count). The topological polar surface area (TPSA) is 51.2 Å². The maximum absolute atomic E-state index is 12.7. The number of morpholine rings is 1. The zero-order valence-corrected chi connectivity index (χ0v) is 19.8. The molecule has 6 heteroatoms. The molecule has 0 radical (unpaired) electrons. The average Bonchev–Trinajstić information content (AvgIpc) is 2.88. The number of benzene rings is 3. The van der Waals surface area contributed by atoms with Gasteiger partial charge >= 0.3 is 0 Å². The molecule has 1 fully saturated rings. The van der Waals surface area contributed by atoms with Crippen molar-refractivity contribution in [1.29, 1.82) is 0 Å². The van der Waals surface area contributed by atoms with Crippen molar-refractivity contribution in [2.45, 2.75) is 11.5 Å². The first-order valence-corrected chi connectivity index (χ1v) is 11.5. The molecule has 33 heavy (non-hydrogen) atoms. The molecular weight excluding hydrogens is 438 g/mol. The number of aliphatic hydroxyl groups is 1. The van der Waals surface area contributed by atoms with Crippen LogP contribution in [0.4, 0.5) is 0 Å². The summed E-state index contributed by atoms with van der Waals surface area (Å²) in [6, 6.07) is 23.0. The van der Waals surface area contributed by atoms with E-state index in [4.69, 9.17) is 25.8 Å². The summed E-state index contributed by atoms with van der Waals surface area (Å²) in [7, 11) is 3.27. The average molecular weight is 468 g/mol. The lowest BCUT2D eigenvalue weighted by molar-refractivity contribution is -0.000149. The summed E-state index contributed by atoms with van der Waals surface area (Å²) in [5.41, 5.74) is 1.10. The van der Waals surface area contributed by atoms with Crippen LogP contribution in [-0.4, -0.2) is 57.1 Å². The summed E-state index contributed by atoms with van der Waals surface area (Å²) < 4.78 is 16.6. The third-order valence-corrected chi connectivity index (χ3v) is 6.62. The van der Waals surface area contributed by atoms with Crippen LogP contribution in [0.1, 0.15) is 22.6 Å². The van der Waals surface area contributed by atoms with Gasteiger partial charge in [-0.2, -0.15) is 0 Å². The molecule has 5 nitrogen and oxygen atoms in total. The molecule has 0 aliphatic carbocycles. The van der Waals surface area contributed by atoms with Gasteiger partial charge in [0.15, 0.2) is 0 Å². The predicted molar refractivity (Wildman–Crippen MR) is 130 cm³/mol. The van der Waals surface area contributed by atoms with Crippen molar-refractivity contribution in [3.05, 3.63) is 94.5 Å². The molecule has 0 spiro atoms. The van der Waals surface area contributed by atoms with Gasteiger partial charge in [-0.05, 0) is 41.5 Å². The molecule has 2 unspecified atom stereocenters. The van der Waals surface area contributed by atoms with Crippen LogP contribution in [0.3, 0.4) is 0 Å². The minimum absolute atomic E-state index is 0.294. The zero-order valence-electron chi connectivity index (χ0n) is 19.0. The van der Waals surface area contributed by atoms with Gasteiger partial charge in [-0.25, -0.2) is 0 Å². The smallest absolute Gasteiger partial charge is 0.126 e. The van der Waals surface area contributed by atoms with Crippen LogP contribution in [0.25, 0.3) is 0 Å². The van der Waals surface area contributed by atoms with E-state index in [2.05, 4.69) is 4.90 Å². The number of rotatable bonds is 8. The summed E-state index contributed by atoms with van der Waals surface area (Å²) >= 11 is 6.21. The van der Waals surface area contributed by atoms with Gasteiger partial charge in [-0.1, -0.05) is 54.1 Å². The fourth-order valence-corrected chi connectivity index (χ4v) is 4.69. The summed E-state index contributed by atoms with van der Waals surface area (Å²) in [6.07, 6.45) is 0. The highest BCUT2D eigenvalue weighted by molar-refractivity contribution is 6.30. The van der Waals surface area contributed by atoms with E-state index in [-0.39, 0.29) is 5.92 Å². The standard InChI is InChI=1S/C27H30ClNO4/c1-31-23-13-9-21(10-14-23)27(30,24-5-3-4-6-26(24)32-2)25(19-29-15-17-33-18-16-29)20-7-11-22(28)12-8-20/h3-14,25,30H,15-19H2,1-2H3. The Morgan fingerprint density at radius 1 is 0.939 bits per heavy atom. The van der Waals surface area contributed by atoms with E-state index in [0.717, 1.165) is 30.0 Å².